The lowest BCUT2D eigenvalue weighted by atomic mass is 9.30. The highest BCUT2D eigenvalue weighted by molar-refractivity contribution is 9.24. The molecular formula is C20H34BBr. The van der Waals surface area contributed by atoms with Crippen molar-refractivity contribution in [2.45, 2.75) is 78.9 Å². The lowest BCUT2D eigenvalue weighted by molar-refractivity contribution is -0.106. The molecule has 0 unspecified atom stereocenters. The van der Waals surface area contributed by atoms with Crippen LogP contribution in [0.5, 0.6) is 0 Å². The van der Waals surface area contributed by atoms with Gasteiger partial charge in [-0.3, -0.25) is 0 Å². The monoisotopic (exact) mass is 364 g/mol. The Labute approximate surface area is 146 Å². The predicted octanol–water partition coefficient (Wildman–Crippen LogP) is 6.52. The second-order valence-corrected chi connectivity index (χ2v) is 11.7. The van der Waals surface area contributed by atoms with Crippen LogP contribution < -0.4 is 0 Å². The normalized spacial score (nSPS) is 54.1. The van der Waals surface area contributed by atoms with Crippen LogP contribution >= 0.6 is 15.8 Å². The smallest absolute Gasteiger partial charge is 0.156 e. The Balaban J connectivity index is 1.49. The second kappa shape index (κ2) is 4.80. The maximum atomic E-state index is 4.25. The molecule has 0 radical (unpaired) electrons. The molecule has 0 aromatic heterocycles. The zero-order valence-corrected chi connectivity index (χ0v) is 17.0. The fraction of sp³-hybridized carbons (Fsp3) is 1.00. The first kappa shape index (κ1) is 16.0. The third-order valence-electron chi connectivity index (χ3n) is 9.64. The van der Waals surface area contributed by atoms with Gasteiger partial charge in [-0.25, -0.2) is 0 Å². The molecule has 8 atom stereocenters. The van der Waals surface area contributed by atoms with Gasteiger partial charge in [0.15, 0.2) is 0 Å². The molecular weight excluding hydrogens is 331 g/mol. The second-order valence-electron chi connectivity index (χ2n) is 10.7. The Kier molecular flexibility index (Phi) is 3.50. The van der Waals surface area contributed by atoms with E-state index in [-0.39, 0.29) is 0 Å². The lowest BCUT2D eigenvalue weighted by Gasteiger charge is -2.65. The van der Waals surface area contributed by atoms with E-state index in [4.69, 9.17) is 0 Å². The summed E-state index contributed by atoms with van der Waals surface area (Å²) >= 11 is 4.25. The van der Waals surface area contributed by atoms with E-state index < -0.39 is 0 Å². The van der Waals surface area contributed by atoms with Crippen LogP contribution in [0.4, 0.5) is 0 Å². The highest BCUT2D eigenvalue weighted by Gasteiger charge is 2.62. The summed E-state index contributed by atoms with van der Waals surface area (Å²) in [6, 6.07) is 0. The van der Waals surface area contributed by atoms with Gasteiger partial charge in [-0.1, -0.05) is 54.4 Å². The van der Waals surface area contributed by atoms with Crippen molar-refractivity contribution in [3.8, 4) is 0 Å². The van der Waals surface area contributed by atoms with Crippen LogP contribution in [0.3, 0.4) is 0 Å². The molecule has 22 heavy (non-hydrogen) atoms. The zero-order valence-electron chi connectivity index (χ0n) is 15.4. The maximum absolute atomic E-state index is 4.25. The number of halogens is 1. The molecule has 124 valence electrons. The van der Waals surface area contributed by atoms with Crippen molar-refractivity contribution in [3.05, 3.63) is 0 Å². The Morgan fingerprint density at radius 2 is 1.09 bits per heavy atom. The van der Waals surface area contributed by atoms with Gasteiger partial charge in [0.05, 0.1) is 0 Å². The van der Waals surface area contributed by atoms with E-state index in [2.05, 4.69) is 57.3 Å². The minimum absolute atomic E-state index is 0.630. The largest absolute Gasteiger partial charge is 0.229 e. The molecule has 6 fully saturated rings. The fourth-order valence-electron chi connectivity index (χ4n) is 7.54. The summed E-state index contributed by atoms with van der Waals surface area (Å²) in [4.78, 5) is 0. The average molecular weight is 365 g/mol. The first-order valence-corrected chi connectivity index (χ1v) is 10.7. The van der Waals surface area contributed by atoms with Gasteiger partial charge in [0, 0.05) is 0 Å². The number of rotatable bonds is 2. The van der Waals surface area contributed by atoms with Gasteiger partial charge in [-0.05, 0) is 70.8 Å². The third-order valence-corrected chi connectivity index (χ3v) is 11.0. The van der Waals surface area contributed by atoms with E-state index in [9.17, 15) is 0 Å². The first-order chi connectivity index (χ1) is 10.2. The van der Waals surface area contributed by atoms with Crippen molar-refractivity contribution in [1.29, 1.82) is 0 Å². The van der Waals surface area contributed by atoms with E-state index in [0.29, 0.717) is 10.8 Å². The molecule has 0 spiro atoms. The summed E-state index contributed by atoms with van der Waals surface area (Å²) in [7, 11) is 0. The van der Waals surface area contributed by atoms with E-state index in [1.165, 1.54) is 25.7 Å². The molecule has 0 amide bonds. The van der Waals surface area contributed by atoms with E-state index in [1.54, 1.807) is 0 Å². The zero-order chi connectivity index (χ0) is 16.0. The van der Waals surface area contributed by atoms with Crippen molar-refractivity contribution in [2.24, 2.45) is 46.3 Å². The Bertz CT molecular complexity index is 428. The van der Waals surface area contributed by atoms with Crippen molar-refractivity contribution < 1.29 is 0 Å². The van der Waals surface area contributed by atoms with Crippen LogP contribution in [0.15, 0.2) is 0 Å². The molecule has 6 saturated carbocycles. The summed E-state index contributed by atoms with van der Waals surface area (Å²) in [5.41, 5.74) is 2.04. The van der Waals surface area contributed by atoms with Crippen LogP contribution in [-0.2, 0) is 0 Å². The number of fused-ring (bicyclic) bond motifs is 4. The van der Waals surface area contributed by atoms with Crippen LogP contribution in [0.1, 0.15) is 67.2 Å². The van der Waals surface area contributed by atoms with E-state index >= 15 is 0 Å². The highest BCUT2D eigenvalue weighted by atomic mass is 79.9. The molecule has 6 rings (SSSR count). The summed E-state index contributed by atoms with van der Waals surface area (Å²) in [5, 5.41) is 0. The van der Waals surface area contributed by atoms with Gasteiger partial charge in [-0.2, -0.15) is 15.8 Å². The van der Waals surface area contributed by atoms with Gasteiger partial charge < -0.3 is 0 Å². The van der Waals surface area contributed by atoms with E-state index in [0.717, 1.165) is 52.7 Å². The molecule has 0 aromatic rings. The van der Waals surface area contributed by atoms with Gasteiger partial charge in [-0.15, -0.1) is 0 Å². The summed E-state index contributed by atoms with van der Waals surface area (Å²) in [5.74, 6) is 7.69. The summed E-state index contributed by atoms with van der Waals surface area (Å²) in [6.45, 7) is 15.3. The highest BCUT2D eigenvalue weighted by Crippen LogP contribution is 2.69. The summed E-state index contributed by atoms with van der Waals surface area (Å²) < 4.78 is 0. The molecule has 4 bridgehead atoms. The van der Waals surface area contributed by atoms with Gasteiger partial charge >= 0.3 is 0 Å². The van der Waals surface area contributed by atoms with Crippen molar-refractivity contribution in [1.82, 2.24) is 0 Å². The number of hydrogen-bond donors (Lipinski definition) is 0. The van der Waals surface area contributed by atoms with Gasteiger partial charge in [0.1, 0.15) is 0 Å². The van der Waals surface area contributed by atoms with Crippen LogP contribution in [0.2, 0.25) is 11.6 Å². The van der Waals surface area contributed by atoms with Crippen molar-refractivity contribution in [3.63, 3.8) is 0 Å². The molecule has 0 aromatic carbocycles. The topological polar surface area (TPSA) is 0 Å². The minimum Gasteiger partial charge on any atom is -0.156 e. The molecule has 2 heteroatoms. The van der Waals surface area contributed by atoms with Crippen LogP contribution in [-0.4, -0.2) is 5.54 Å². The summed E-state index contributed by atoms with van der Waals surface area (Å²) in [6.07, 6.45) is 6.01. The van der Waals surface area contributed by atoms with Gasteiger partial charge in [0.2, 0.25) is 5.54 Å². The Hall–Kier alpha value is 0.545. The standard InChI is InChI=1S/C20H34BBr/c1-11-15-7-13(19(15,3)4)9-17(11)21(22)18-10-14-8-16(12(18)2)20(14,5)6/h11-18H,7-10H2,1-6H3/t11-,12-,13+,14+,15-,16-,17+,18+/m1/s1. The van der Waals surface area contributed by atoms with Crippen LogP contribution in [0.25, 0.3) is 0 Å². The van der Waals surface area contributed by atoms with E-state index in [1.807, 2.05) is 0 Å². The minimum atomic E-state index is 0.630. The number of hydrogen-bond acceptors (Lipinski definition) is 0. The SMILES string of the molecule is C[C@H]1[C@@H](B(Br)[C@H]2C[C@@H]3C[C@H]([C@H]2C)C3(C)C)C[C@@H]2C[C@H]1C2(C)C. The van der Waals surface area contributed by atoms with Crippen LogP contribution in [0, 0.1) is 46.3 Å². The molecule has 0 saturated heterocycles. The fourth-order valence-corrected chi connectivity index (χ4v) is 8.93. The maximum Gasteiger partial charge on any atom is 0.229 e. The average Bonchev–Trinajstić information content (AvgIpc) is 2.45. The van der Waals surface area contributed by atoms with Crippen molar-refractivity contribution >= 4 is 21.3 Å². The van der Waals surface area contributed by atoms with Crippen molar-refractivity contribution in [2.75, 3.05) is 0 Å². The predicted molar refractivity (Wildman–Crippen MR) is 100 cm³/mol. The van der Waals surface area contributed by atoms with Gasteiger partial charge in [0.25, 0.3) is 0 Å². The molecule has 0 nitrogen and oxygen atoms in total. The molecule has 0 N–H and O–H groups in total. The molecule has 6 aliphatic rings. The Morgan fingerprint density at radius 3 is 1.36 bits per heavy atom. The third kappa shape index (κ3) is 1.88. The molecule has 0 heterocycles. The quantitative estimate of drug-likeness (QED) is 0.489. The Morgan fingerprint density at radius 1 is 0.727 bits per heavy atom. The molecule has 6 aliphatic carbocycles. The lowest BCUT2D eigenvalue weighted by Crippen LogP contribution is -2.58. The molecule has 0 aliphatic heterocycles. The first-order valence-electron chi connectivity index (χ1n) is 9.79.